The lowest BCUT2D eigenvalue weighted by Crippen LogP contribution is -2.24. The van der Waals surface area contributed by atoms with Crippen LogP contribution in [-0.2, 0) is 14.3 Å². The van der Waals surface area contributed by atoms with E-state index in [4.69, 9.17) is 16.3 Å². The maximum atomic E-state index is 13.2. The van der Waals surface area contributed by atoms with Crippen LogP contribution in [0.15, 0.2) is 65.4 Å². The molecule has 7 heteroatoms. The number of anilines is 1. The fraction of sp³-hybridized carbons (Fsp3) is 0.0952. The number of hydrogen-bond donors (Lipinski definition) is 1. The molecule has 28 heavy (non-hydrogen) atoms. The highest BCUT2D eigenvalue weighted by atomic mass is 35.5. The van der Waals surface area contributed by atoms with Crippen molar-refractivity contribution in [3.63, 3.8) is 0 Å². The second-order valence-electron chi connectivity index (χ2n) is 5.99. The molecule has 0 bridgehead atoms. The van der Waals surface area contributed by atoms with E-state index in [1.54, 1.807) is 49.4 Å². The third-order valence-electron chi connectivity index (χ3n) is 4.37. The molecule has 0 spiro atoms. The van der Waals surface area contributed by atoms with Crippen LogP contribution in [-0.4, -0.2) is 30.1 Å². The Kier molecular flexibility index (Phi) is 5.33. The number of carboxylic acids is 1. The Balaban J connectivity index is 2.22. The first-order valence-corrected chi connectivity index (χ1v) is 8.67. The van der Waals surface area contributed by atoms with Crippen LogP contribution in [0.1, 0.15) is 22.8 Å². The lowest BCUT2D eigenvalue weighted by atomic mass is 10.0. The summed E-state index contributed by atoms with van der Waals surface area (Å²) in [6.07, 6.45) is 1.39. The van der Waals surface area contributed by atoms with Crippen LogP contribution in [0.3, 0.4) is 0 Å². The van der Waals surface area contributed by atoms with E-state index < -0.39 is 17.8 Å². The molecule has 0 saturated heterocycles. The molecular weight excluding hydrogens is 382 g/mol. The predicted molar refractivity (Wildman–Crippen MR) is 105 cm³/mol. The third kappa shape index (κ3) is 3.30. The van der Waals surface area contributed by atoms with Crippen LogP contribution < -0.4 is 4.90 Å². The van der Waals surface area contributed by atoms with Gasteiger partial charge in [-0.2, -0.15) is 0 Å². The van der Waals surface area contributed by atoms with Crippen molar-refractivity contribution in [1.82, 2.24) is 0 Å². The molecule has 142 valence electrons. The molecule has 6 nitrogen and oxygen atoms in total. The number of rotatable bonds is 4. The number of para-hydroxylation sites is 1. The van der Waals surface area contributed by atoms with Gasteiger partial charge in [0.15, 0.2) is 0 Å². The quantitative estimate of drug-likeness (QED) is 0.624. The number of carboxylic acid groups (broad SMARTS) is 1. The molecule has 1 amide bonds. The Morgan fingerprint density at radius 1 is 1.11 bits per heavy atom. The molecule has 0 atom stereocenters. The predicted octanol–water partition coefficient (Wildman–Crippen LogP) is 3.92. The Bertz CT molecular complexity index is 1050. The molecule has 1 heterocycles. The largest absolute Gasteiger partial charge is 0.478 e. The topological polar surface area (TPSA) is 83.9 Å². The molecule has 2 aromatic carbocycles. The summed E-state index contributed by atoms with van der Waals surface area (Å²) in [5.41, 5.74) is 1.19. The van der Waals surface area contributed by atoms with Gasteiger partial charge in [0, 0.05) is 5.70 Å². The lowest BCUT2D eigenvalue weighted by molar-refractivity contribution is -0.136. The first kappa shape index (κ1) is 19.4. The standard InChI is InChI=1S/C21H16ClNO5/c1-12-18(21(27)28-2)15(11-13-7-3-4-8-14(13)20(25)26)19(24)23(12)17-10-6-5-9-16(17)22/h3-11H,1-2H3,(H,25,26)/b15-11-. The third-order valence-corrected chi connectivity index (χ3v) is 4.69. The van der Waals surface area contributed by atoms with E-state index >= 15 is 0 Å². The Labute approximate surface area is 166 Å². The maximum Gasteiger partial charge on any atom is 0.340 e. The molecule has 3 rings (SSSR count). The van der Waals surface area contributed by atoms with Gasteiger partial charge in [-0.1, -0.05) is 41.9 Å². The van der Waals surface area contributed by atoms with Crippen molar-refractivity contribution in [2.75, 3.05) is 12.0 Å². The number of allylic oxidation sites excluding steroid dienone is 1. The van der Waals surface area contributed by atoms with Gasteiger partial charge in [0.1, 0.15) is 0 Å². The fourth-order valence-electron chi connectivity index (χ4n) is 3.08. The Hall–Kier alpha value is -3.38. The minimum atomic E-state index is -1.14. The number of methoxy groups -OCH3 is 1. The zero-order valence-corrected chi connectivity index (χ0v) is 15.9. The molecule has 0 radical (unpaired) electrons. The van der Waals surface area contributed by atoms with Gasteiger partial charge in [-0.25, -0.2) is 9.59 Å². The maximum absolute atomic E-state index is 13.2. The van der Waals surface area contributed by atoms with Gasteiger partial charge in [-0.3, -0.25) is 9.69 Å². The summed E-state index contributed by atoms with van der Waals surface area (Å²) in [6, 6.07) is 13.0. The summed E-state index contributed by atoms with van der Waals surface area (Å²) in [5, 5.41) is 9.74. The van der Waals surface area contributed by atoms with E-state index in [0.717, 1.165) is 0 Å². The number of ether oxygens (including phenoxy) is 1. The molecule has 1 aliphatic rings. The second kappa shape index (κ2) is 7.70. The highest BCUT2D eigenvalue weighted by Gasteiger charge is 2.38. The van der Waals surface area contributed by atoms with E-state index in [1.165, 1.54) is 24.2 Å². The van der Waals surface area contributed by atoms with Gasteiger partial charge in [0.25, 0.3) is 5.91 Å². The molecule has 1 aliphatic heterocycles. The van der Waals surface area contributed by atoms with Gasteiger partial charge in [0.05, 0.1) is 34.5 Å². The minimum Gasteiger partial charge on any atom is -0.478 e. The van der Waals surface area contributed by atoms with Crippen LogP contribution in [0.25, 0.3) is 6.08 Å². The van der Waals surface area contributed by atoms with Crippen LogP contribution >= 0.6 is 11.6 Å². The summed E-state index contributed by atoms with van der Waals surface area (Å²) in [5.74, 6) is -2.33. The van der Waals surface area contributed by atoms with Gasteiger partial charge >= 0.3 is 11.9 Å². The first-order valence-electron chi connectivity index (χ1n) is 8.29. The molecular formula is C21H16ClNO5. The number of amides is 1. The highest BCUT2D eigenvalue weighted by Crippen LogP contribution is 2.38. The van der Waals surface area contributed by atoms with Crippen LogP contribution in [0, 0.1) is 0 Å². The van der Waals surface area contributed by atoms with E-state index in [2.05, 4.69) is 0 Å². The number of carbonyl (C=O) groups is 3. The van der Waals surface area contributed by atoms with E-state index in [-0.39, 0.29) is 16.7 Å². The summed E-state index contributed by atoms with van der Waals surface area (Å²) < 4.78 is 4.85. The summed E-state index contributed by atoms with van der Waals surface area (Å²) in [4.78, 5) is 38.4. The number of carbonyl (C=O) groups excluding carboxylic acids is 2. The zero-order chi connectivity index (χ0) is 20.4. The summed E-state index contributed by atoms with van der Waals surface area (Å²) >= 11 is 6.24. The smallest absolute Gasteiger partial charge is 0.340 e. The Morgan fingerprint density at radius 2 is 1.75 bits per heavy atom. The highest BCUT2D eigenvalue weighted by molar-refractivity contribution is 6.35. The Morgan fingerprint density at radius 3 is 2.39 bits per heavy atom. The van der Waals surface area contributed by atoms with Crippen LogP contribution in [0.5, 0.6) is 0 Å². The van der Waals surface area contributed by atoms with Gasteiger partial charge in [0.2, 0.25) is 0 Å². The first-order chi connectivity index (χ1) is 13.4. The van der Waals surface area contributed by atoms with E-state index in [0.29, 0.717) is 22.0 Å². The number of benzene rings is 2. The molecule has 0 saturated carbocycles. The normalized spacial score (nSPS) is 15.3. The van der Waals surface area contributed by atoms with Crippen molar-refractivity contribution in [1.29, 1.82) is 0 Å². The van der Waals surface area contributed by atoms with Gasteiger partial charge in [-0.15, -0.1) is 0 Å². The average molecular weight is 398 g/mol. The fourth-order valence-corrected chi connectivity index (χ4v) is 3.30. The minimum absolute atomic E-state index is 0.0147. The molecule has 2 aromatic rings. The number of halogens is 1. The van der Waals surface area contributed by atoms with Crippen molar-refractivity contribution >= 4 is 41.2 Å². The van der Waals surface area contributed by atoms with Crippen molar-refractivity contribution in [3.8, 4) is 0 Å². The van der Waals surface area contributed by atoms with Gasteiger partial charge in [-0.05, 0) is 36.8 Å². The van der Waals surface area contributed by atoms with E-state index in [1.807, 2.05) is 0 Å². The van der Waals surface area contributed by atoms with E-state index in [9.17, 15) is 19.5 Å². The molecule has 0 fully saturated rings. The number of esters is 1. The number of aromatic carboxylic acids is 1. The lowest BCUT2D eigenvalue weighted by Gasteiger charge is -2.19. The van der Waals surface area contributed by atoms with Gasteiger partial charge < -0.3 is 9.84 Å². The second-order valence-corrected chi connectivity index (χ2v) is 6.40. The van der Waals surface area contributed by atoms with Crippen molar-refractivity contribution in [3.05, 3.63) is 81.5 Å². The average Bonchev–Trinajstić information content (AvgIpc) is 2.92. The monoisotopic (exact) mass is 397 g/mol. The number of nitrogens with zero attached hydrogens (tertiary/aromatic N) is 1. The number of hydrogen-bond acceptors (Lipinski definition) is 4. The van der Waals surface area contributed by atoms with Crippen molar-refractivity contribution in [2.45, 2.75) is 6.92 Å². The molecule has 0 aliphatic carbocycles. The SMILES string of the molecule is COC(=O)C1=C(C)N(c2ccccc2Cl)C(=O)/C1=C\c1ccccc1C(=O)O. The van der Waals surface area contributed by atoms with Crippen molar-refractivity contribution in [2.24, 2.45) is 0 Å². The van der Waals surface area contributed by atoms with Crippen LogP contribution in [0.2, 0.25) is 5.02 Å². The summed E-state index contributed by atoms with van der Waals surface area (Å²) in [7, 11) is 1.22. The molecule has 0 unspecified atom stereocenters. The van der Waals surface area contributed by atoms with Crippen LogP contribution in [0.4, 0.5) is 5.69 Å². The van der Waals surface area contributed by atoms with Crippen molar-refractivity contribution < 1.29 is 24.2 Å². The molecule has 0 aromatic heterocycles. The zero-order valence-electron chi connectivity index (χ0n) is 15.1. The molecule has 1 N–H and O–H groups in total. The summed E-state index contributed by atoms with van der Waals surface area (Å²) in [6.45, 7) is 1.61.